The number of benzene rings is 1. The van der Waals surface area contributed by atoms with Crippen molar-refractivity contribution >= 4 is 33.2 Å². The van der Waals surface area contributed by atoms with Crippen LogP contribution >= 0.6 is 27.5 Å². The SMILES string of the molecule is Cc1cc(Br)c(NCCCCCCO)cc1Cl. The van der Waals surface area contributed by atoms with E-state index in [9.17, 15) is 0 Å². The molecule has 0 spiro atoms. The van der Waals surface area contributed by atoms with Crippen LogP contribution in [0.3, 0.4) is 0 Å². The normalized spacial score (nSPS) is 10.6. The van der Waals surface area contributed by atoms with E-state index in [1.165, 1.54) is 0 Å². The average molecular weight is 321 g/mol. The number of halogens is 2. The van der Waals surface area contributed by atoms with E-state index in [2.05, 4.69) is 21.2 Å². The van der Waals surface area contributed by atoms with E-state index < -0.39 is 0 Å². The van der Waals surface area contributed by atoms with E-state index >= 15 is 0 Å². The maximum Gasteiger partial charge on any atom is 0.0499 e. The van der Waals surface area contributed by atoms with Crippen LogP contribution in [-0.4, -0.2) is 18.3 Å². The first-order valence-corrected chi connectivity index (χ1v) is 7.12. The first-order chi connectivity index (χ1) is 8.15. The van der Waals surface area contributed by atoms with Gasteiger partial charge in [-0.25, -0.2) is 0 Å². The Bertz CT molecular complexity index is 358. The molecule has 1 aromatic rings. The third kappa shape index (κ3) is 5.28. The summed E-state index contributed by atoms with van der Waals surface area (Å²) in [4.78, 5) is 0. The molecule has 0 aromatic heterocycles. The van der Waals surface area contributed by atoms with Crippen LogP contribution in [0, 0.1) is 6.92 Å². The second-order valence-electron chi connectivity index (χ2n) is 4.15. The fourth-order valence-electron chi connectivity index (χ4n) is 1.60. The Morgan fingerprint density at radius 3 is 2.65 bits per heavy atom. The standard InChI is InChI=1S/C13H19BrClNO/c1-10-8-11(14)13(9-12(10)15)16-6-4-2-3-5-7-17/h8-9,16-17H,2-7H2,1H3. The number of aliphatic hydroxyl groups excluding tert-OH is 1. The molecule has 0 aliphatic rings. The van der Waals surface area contributed by atoms with Gasteiger partial charge in [-0.2, -0.15) is 0 Å². The van der Waals surface area contributed by atoms with Crippen LogP contribution in [0.2, 0.25) is 5.02 Å². The van der Waals surface area contributed by atoms with Gasteiger partial charge in [0.15, 0.2) is 0 Å². The molecule has 0 saturated carbocycles. The van der Waals surface area contributed by atoms with Gasteiger partial charge in [-0.3, -0.25) is 0 Å². The molecule has 0 heterocycles. The molecule has 0 bridgehead atoms. The highest BCUT2D eigenvalue weighted by Crippen LogP contribution is 2.29. The molecule has 0 radical (unpaired) electrons. The summed E-state index contributed by atoms with van der Waals surface area (Å²) in [6.45, 7) is 3.22. The quantitative estimate of drug-likeness (QED) is 0.731. The van der Waals surface area contributed by atoms with Crippen LogP contribution in [0.1, 0.15) is 31.2 Å². The van der Waals surface area contributed by atoms with Gasteiger partial charge in [0.2, 0.25) is 0 Å². The molecule has 4 heteroatoms. The van der Waals surface area contributed by atoms with Gasteiger partial charge in [-0.1, -0.05) is 24.4 Å². The van der Waals surface area contributed by atoms with Gasteiger partial charge in [0.05, 0.1) is 0 Å². The van der Waals surface area contributed by atoms with Gasteiger partial charge in [-0.05, 0) is 53.4 Å². The predicted molar refractivity (Wildman–Crippen MR) is 77.9 cm³/mol. The molecule has 2 N–H and O–H groups in total. The highest BCUT2D eigenvalue weighted by molar-refractivity contribution is 9.10. The number of hydrogen-bond donors (Lipinski definition) is 2. The fourth-order valence-corrected chi connectivity index (χ4v) is 2.36. The monoisotopic (exact) mass is 319 g/mol. The molecule has 0 unspecified atom stereocenters. The highest BCUT2D eigenvalue weighted by Gasteiger charge is 2.03. The zero-order valence-corrected chi connectivity index (χ0v) is 12.4. The van der Waals surface area contributed by atoms with Gasteiger partial charge in [-0.15, -0.1) is 0 Å². The summed E-state index contributed by atoms with van der Waals surface area (Å²) < 4.78 is 1.05. The van der Waals surface area contributed by atoms with Crippen LogP contribution in [0.5, 0.6) is 0 Å². The predicted octanol–water partition coefficient (Wildman–Crippen LogP) is 4.38. The van der Waals surface area contributed by atoms with Gasteiger partial charge in [0.1, 0.15) is 0 Å². The summed E-state index contributed by atoms with van der Waals surface area (Å²) in [6.07, 6.45) is 4.25. The van der Waals surface area contributed by atoms with Crippen molar-refractivity contribution in [2.24, 2.45) is 0 Å². The molecule has 0 aliphatic carbocycles. The zero-order chi connectivity index (χ0) is 12.7. The lowest BCUT2D eigenvalue weighted by molar-refractivity contribution is 0.283. The number of hydrogen-bond acceptors (Lipinski definition) is 2. The van der Waals surface area contributed by atoms with E-state index in [1.807, 2.05) is 19.1 Å². The Morgan fingerprint density at radius 1 is 1.24 bits per heavy atom. The Labute approximate surface area is 117 Å². The molecule has 1 aromatic carbocycles. The van der Waals surface area contributed by atoms with Crippen molar-refractivity contribution < 1.29 is 5.11 Å². The number of unbranched alkanes of at least 4 members (excludes halogenated alkanes) is 3. The van der Waals surface area contributed by atoms with Gasteiger partial charge in [0.25, 0.3) is 0 Å². The second-order valence-corrected chi connectivity index (χ2v) is 5.41. The Kier molecular flexibility index (Phi) is 6.93. The second kappa shape index (κ2) is 7.96. The maximum atomic E-state index is 8.66. The summed E-state index contributed by atoms with van der Waals surface area (Å²) >= 11 is 9.60. The van der Waals surface area contributed by atoms with Gasteiger partial charge < -0.3 is 10.4 Å². The lowest BCUT2D eigenvalue weighted by Crippen LogP contribution is -2.02. The third-order valence-corrected chi connectivity index (χ3v) is 3.71. The van der Waals surface area contributed by atoms with Crippen molar-refractivity contribution in [3.63, 3.8) is 0 Å². The van der Waals surface area contributed by atoms with Crippen LogP contribution in [0.4, 0.5) is 5.69 Å². The molecule has 17 heavy (non-hydrogen) atoms. The lowest BCUT2D eigenvalue weighted by Gasteiger charge is -2.10. The zero-order valence-electron chi connectivity index (χ0n) is 10.1. The largest absolute Gasteiger partial charge is 0.396 e. The van der Waals surface area contributed by atoms with Gasteiger partial charge >= 0.3 is 0 Å². The third-order valence-electron chi connectivity index (χ3n) is 2.65. The average Bonchev–Trinajstić information content (AvgIpc) is 2.30. The van der Waals surface area contributed by atoms with Crippen molar-refractivity contribution in [3.05, 3.63) is 27.2 Å². The first kappa shape index (κ1) is 14.8. The van der Waals surface area contributed by atoms with Crippen molar-refractivity contribution in [3.8, 4) is 0 Å². The summed E-state index contributed by atoms with van der Waals surface area (Å²) in [5.74, 6) is 0. The van der Waals surface area contributed by atoms with E-state index in [0.29, 0.717) is 6.61 Å². The maximum absolute atomic E-state index is 8.66. The molecule has 0 fully saturated rings. The van der Waals surface area contributed by atoms with Crippen LogP contribution < -0.4 is 5.32 Å². The summed E-state index contributed by atoms with van der Waals surface area (Å²) in [7, 11) is 0. The minimum Gasteiger partial charge on any atom is -0.396 e. The molecule has 2 nitrogen and oxygen atoms in total. The Hall–Kier alpha value is -0.250. The van der Waals surface area contributed by atoms with E-state index in [0.717, 1.165) is 53.0 Å². The summed E-state index contributed by atoms with van der Waals surface area (Å²) in [5.41, 5.74) is 2.12. The topological polar surface area (TPSA) is 32.3 Å². The van der Waals surface area contributed by atoms with Gasteiger partial charge in [0, 0.05) is 28.3 Å². The smallest absolute Gasteiger partial charge is 0.0499 e. The molecule has 0 amide bonds. The molecule has 0 saturated heterocycles. The van der Waals surface area contributed by atoms with E-state index in [1.54, 1.807) is 0 Å². The first-order valence-electron chi connectivity index (χ1n) is 5.95. The number of nitrogens with one attached hydrogen (secondary N) is 1. The minimum absolute atomic E-state index is 0.298. The summed E-state index contributed by atoms with van der Waals surface area (Å²) in [6, 6.07) is 3.98. The van der Waals surface area contributed by atoms with Crippen LogP contribution in [0.25, 0.3) is 0 Å². The molecule has 1 rings (SSSR count). The van der Waals surface area contributed by atoms with Crippen molar-refractivity contribution in [2.75, 3.05) is 18.5 Å². The van der Waals surface area contributed by atoms with E-state index in [-0.39, 0.29) is 0 Å². The number of anilines is 1. The van der Waals surface area contributed by atoms with E-state index in [4.69, 9.17) is 16.7 Å². The highest BCUT2D eigenvalue weighted by atomic mass is 79.9. The Balaban J connectivity index is 2.34. The van der Waals surface area contributed by atoms with Crippen LogP contribution in [-0.2, 0) is 0 Å². The van der Waals surface area contributed by atoms with Crippen molar-refractivity contribution in [1.29, 1.82) is 0 Å². The lowest BCUT2D eigenvalue weighted by atomic mass is 10.2. The number of rotatable bonds is 7. The minimum atomic E-state index is 0.298. The molecule has 0 aliphatic heterocycles. The molecule has 0 atom stereocenters. The van der Waals surface area contributed by atoms with Crippen molar-refractivity contribution in [1.82, 2.24) is 0 Å². The Morgan fingerprint density at radius 2 is 1.94 bits per heavy atom. The molecule has 96 valence electrons. The molecular formula is C13H19BrClNO. The number of aliphatic hydroxyl groups is 1. The molecular weight excluding hydrogens is 302 g/mol. The fraction of sp³-hybridized carbons (Fsp3) is 0.538. The van der Waals surface area contributed by atoms with Crippen molar-refractivity contribution in [2.45, 2.75) is 32.6 Å². The van der Waals surface area contributed by atoms with Crippen LogP contribution in [0.15, 0.2) is 16.6 Å². The number of aryl methyl sites for hydroxylation is 1. The summed E-state index contributed by atoms with van der Waals surface area (Å²) in [5, 5.41) is 12.8.